The SMILES string of the molecule is Cc1ccc(-c2nnc(-c3ccc(C(C)(C)C(F)(F)F)cc3)o2)cc1. The molecule has 0 fully saturated rings. The molecule has 130 valence electrons. The van der Waals surface area contributed by atoms with Crippen molar-refractivity contribution in [2.24, 2.45) is 0 Å². The van der Waals surface area contributed by atoms with Gasteiger partial charge in [0.15, 0.2) is 0 Å². The molecule has 0 amide bonds. The third kappa shape index (κ3) is 3.29. The molecule has 6 heteroatoms. The summed E-state index contributed by atoms with van der Waals surface area (Å²) in [6, 6.07) is 13.6. The summed E-state index contributed by atoms with van der Waals surface area (Å²) in [6.45, 7) is 4.29. The average molecular weight is 346 g/mol. The second kappa shape index (κ2) is 6.02. The number of halogens is 3. The Labute approximate surface area is 143 Å². The lowest BCUT2D eigenvalue weighted by atomic mass is 9.83. The van der Waals surface area contributed by atoms with E-state index < -0.39 is 11.6 Å². The van der Waals surface area contributed by atoms with Gasteiger partial charge in [0.25, 0.3) is 0 Å². The second-order valence-corrected chi connectivity index (χ2v) is 6.48. The van der Waals surface area contributed by atoms with Crippen LogP contribution in [0.3, 0.4) is 0 Å². The van der Waals surface area contributed by atoms with Crippen molar-refractivity contribution >= 4 is 0 Å². The average Bonchev–Trinajstić information content (AvgIpc) is 3.04. The van der Waals surface area contributed by atoms with Crippen LogP contribution in [-0.2, 0) is 5.41 Å². The molecule has 1 aromatic heterocycles. The van der Waals surface area contributed by atoms with Crippen molar-refractivity contribution in [3.8, 4) is 22.9 Å². The zero-order valence-electron chi connectivity index (χ0n) is 14.1. The molecule has 0 aliphatic heterocycles. The van der Waals surface area contributed by atoms with Crippen LogP contribution in [0.4, 0.5) is 13.2 Å². The van der Waals surface area contributed by atoms with Crippen LogP contribution in [0.15, 0.2) is 52.9 Å². The summed E-state index contributed by atoms with van der Waals surface area (Å²) in [7, 11) is 0. The molecule has 3 rings (SSSR count). The Balaban J connectivity index is 1.88. The first-order valence-electron chi connectivity index (χ1n) is 7.77. The lowest BCUT2D eigenvalue weighted by Gasteiger charge is -2.28. The Morgan fingerprint density at radius 2 is 1.20 bits per heavy atom. The molecule has 0 bridgehead atoms. The molecule has 3 nitrogen and oxygen atoms in total. The van der Waals surface area contributed by atoms with Crippen molar-refractivity contribution in [2.45, 2.75) is 32.4 Å². The molecule has 0 spiro atoms. The molecule has 0 aliphatic rings. The van der Waals surface area contributed by atoms with E-state index in [1.165, 1.54) is 12.1 Å². The molecule has 0 aliphatic carbocycles. The van der Waals surface area contributed by atoms with E-state index in [1.54, 1.807) is 12.1 Å². The topological polar surface area (TPSA) is 38.9 Å². The van der Waals surface area contributed by atoms with E-state index in [9.17, 15) is 13.2 Å². The van der Waals surface area contributed by atoms with E-state index in [2.05, 4.69) is 10.2 Å². The lowest BCUT2D eigenvalue weighted by Crippen LogP contribution is -2.36. The Kier molecular flexibility index (Phi) is 4.14. The smallest absolute Gasteiger partial charge is 0.397 e. The van der Waals surface area contributed by atoms with Gasteiger partial charge in [-0.05, 0) is 50.6 Å². The third-order valence-corrected chi connectivity index (χ3v) is 4.29. The highest BCUT2D eigenvalue weighted by atomic mass is 19.4. The fourth-order valence-corrected chi connectivity index (χ4v) is 2.35. The highest BCUT2D eigenvalue weighted by Gasteiger charge is 2.48. The summed E-state index contributed by atoms with van der Waals surface area (Å²) < 4.78 is 45.0. The van der Waals surface area contributed by atoms with E-state index in [4.69, 9.17) is 4.42 Å². The van der Waals surface area contributed by atoms with Gasteiger partial charge in [0.2, 0.25) is 11.8 Å². The normalized spacial score (nSPS) is 12.4. The Bertz CT molecular complexity index is 863. The van der Waals surface area contributed by atoms with E-state index >= 15 is 0 Å². The highest BCUT2D eigenvalue weighted by molar-refractivity contribution is 5.58. The van der Waals surface area contributed by atoms with Gasteiger partial charge in [0, 0.05) is 11.1 Å². The van der Waals surface area contributed by atoms with Crippen LogP contribution in [-0.4, -0.2) is 16.4 Å². The maximum Gasteiger partial charge on any atom is 0.397 e. The van der Waals surface area contributed by atoms with Crippen LogP contribution in [0.25, 0.3) is 22.9 Å². The molecule has 0 atom stereocenters. The first kappa shape index (κ1) is 17.2. The molecule has 0 N–H and O–H groups in total. The monoisotopic (exact) mass is 346 g/mol. The van der Waals surface area contributed by atoms with Crippen molar-refractivity contribution in [1.29, 1.82) is 0 Å². The summed E-state index contributed by atoms with van der Waals surface area (Å²) >= 11 is 0. The van der Waals surface area contributed by atoms with Crippen LogP contribution >= 0.6 is 0 Å². The zero-order valence-corrected chi connectivity index (χ0v) is 14.1. The van der Waals surface area contributed by atoms with Gasteiger partial charge in [-0.2, -0.15) is 13.2 Å². The first-order valence-corrected chi connectivity index (χ1v) is 7.77. The van der Waals surface area contributed by atoms with Gasteiger partial charge in [-0.15, -0.1) is 10.2 Å². The fourth-order valence-electron chi connectivity index (χ4n) is 2.35. The van der Waals surface area contributed by atoms with Gasteiger partial charge < -0.3 is 4.42 Å². The molecule has 25 heavy (non-hydrogen) atoms. The Hall–Kier alpha value is -2.63. The Morgan fingerprint density at radius 3 is 1.64 bits per heavy atom. The second-order valence-electron chi connectivity index (χ2n) is 6.48. The predicted molar refractivity (Wildman–Crippen MR) is 89.0 cm³/mol. The van der Waals surface area contributed by atoms with Crippen molar-refractivity contribution < 1.29 is 17.6 Å². The van der Waals surface area contributed by atoms with Gasteiger partial charge in [-0.1, -0.05) is 29.8 Å². The molecule has 0 saturated carbocycles. The number of aromatic nitrogens is 2. The van der Waals surface area contributed by atoms with Crippen molar-refractivity contribution in [3.05, 3.63) is 59.7 Å². The third-order valence-electron chi connectivity index (χ3n) is 4.29. The summed E-state index contributed by atoms with van der Waals surface area (Å²) in [5.74, 6) is 0.640. The van der Waals surface area contributed by atoms with Crippen LogP contribution < -0.4 is 0 Å². The molecule has 3 aromatic rings. The molecular weight excluding hydrogens is 329 g/mol. The molecule has 0 radical (unpaired) electrons. The molecule has 0 unspecified atom stereocenters. The number of benzene rings is 2. The van der Waals surface area contributed by atoms with Gasteiger partial charge in [-0.25, -0.2) is 0 Å². The summed E-state index contributed by atoms with van der Waals surface area (Å²) in [6.07, 6.45) is -4.32. The van der Waals surface area contributed by atoms with Crippen LogP contribution in [0, 0.1) is 6.92 Å². The summed E-state index contributed by atoms with van der Waals surface area (Å²) in [4.78, 5) is 0. The maximum atomic E-state index is 13.1. The quantitative estimate of drug-likeness (QED) is 0.624. The van der Waals surface area contributed by atoms with Crippen molar-refractivity contribution in [3.63, 3.8) is 0 Å². The molecular formula is C19H17F3N2O. The minimum Gasteiger partial charge on any atom is -0.416 e. The van der Waals surface area contributed by atoms with E-state index in [0.717, 1.165) is 25.0 Å². The molecule has 1 heterocycles. The fraction of sp³-hybridized carbons (Fsp3) is 0.263. The number of aryl methyl sites for hydroxylation is 1. The maximum absolute atomic E-state index is 13.1. The number of hydrogen-bond acceptors (Lipinski definition) is 3. The van der Waals surface area contributed by atoms with E-state index in [0.29, 0.717) is 11.5 Å². The summed E-state index contributed by atoms with van der Waals surface area (Å²) in [5.41, 5.74) is 0.744. The van der Waals surface area contributed by atoms with Gasteiger partial charge >= 0.3 is 6.18 Å². The van der Waals surface area contributed by atoms with Crippen LogP contribution in [0.1, 0.15) is 25.0 Å². The Morgan fingerprint density at radius 1 is 0.760 bits per heavy atom. The lowest BCUT2D eigenvalue weighted by molar-refractivity contribution is -0.180. The molecule has 2 aromatic carbocycles. The van der Waals surface area contributed by atoms with Gasteiger partial charge in [0.05, 0.1) is 5.41 Å². The number of nitrogens with zero attached hydrogens (tertiary/aromatic N) is 2. The largest absolute Gasteiger partial charge is 0.416 e. The number of alkyl halides is 3. The standard InChI is InChI=1S/C19H17F3N2O/c1-12-4-6-13(7-5-12)16-23-24-17(25-16)14-8-10-15(11-9-14)18(2,3)19(20,21)22/h4-11H,1-3H3. The summed E-state index contributed by atoms with van der Waals surface area (Å²) in [5, 5.41) is 7.99. The highest BCUT2D eigenvalue weighted by Crippen LogP contribution is 2.40. The van der Waals surface area contributed by atoms with Crippen LogP contribution in [0.5, 0.6) is 0 Å². The van der Waals surface area contributed by atoms with Gasteiger partial charge in [-0.3, -0.25) is 0 Å². The van der Waals surface area contributed by atoms with Crippen molar-refractivity contribution in [2.75, 3.05) is 0 Å². The first-order chi connectivity index (χ1) is 11.7. The van der Waals surface area contributed by atoms with E-state index in [1.807, 2.05) is 31.2 Å². The van der Waals surface area contributed by atoms with Crippen LogP contribution in [0.2, 0.25) is 0 Å². The van der Waals surface area contributed by atoms with E-state index in [-0.39, 0.29) is 11.5 Å². The zero-order chi connectivity index (χ0) is 18.2. The van der Waals surface area contributed by atoms with Crippen molar-refractivity contribution in [1.82, 2.24) is 10.2 Å². The minimum atomic E-state index is -4.32. The molecule has 0 saturated heterocycles. The minimum absolute atomic E-state index is 0.182. The van der Waals surface area contributed by atoms with Gasteiger partial charge in [0.1, 0.15) is 0 Å². The predicted octanol–water partition coefficient (Wildman–Crippen LogP) is 5.55. The number of hydrogen-bond donors (Lipinski definition) is 0. The number of rotatable bonds is 3.